The van der Waals surface area contributed by atoms with Gasteiger partial charge in [-0.15, -0.1) is 0 Å². The molecule has 1 amide bonds. The molecule has 0 saturated carbocycles. The van der Waals surface area contributed by atoms with E-state index in [1.165, 1.54) is 11.1 Å². The molecule has 1 fully saturated rings. The second-order valence-corrected chi connectivity index (χ2v) is 7.99. The second-order valence-electron chi connectivity index (χ2n) is 7.99. The molecule has 144 valence electrons. The summed E-state index contributed by atoms with van der Waals surface area (Å²) >= 11 is 0. The molecule has 1 aliphatic heterocycles. The number of piperidine rings is 1. The first-order valence-corrected chi connectivity index (χ1v) is 10.4. The summed E-state index contributed by atoms with van der Waals surface area (Å²) in [6, 6.07) is 16.8. The summed E-state index contributed by atoms with van der Waals surface area (Å²) in [5.41, 5.74) is 4.75. The van der Waals surface area contributed by atoms with Gasteiger partial charge in [0.2, 0.25) is 11.9 Å². The number of aromatic nitrogens is 2. The number of nitrogens with zero attached hydrogens (tertiary/aromatic N) is 2. The highest BCUT2D eigenvalue weighted by Gasteiger charge is 2.29. The number of hydrogen-bond donors (Lipinski definition) is 2. The largest absolute Gasteiger partial charge is 0.349 e. The van der Waals surface area contributed by atoms with Crippen LogP contribution >= 0.6 is 0 Å². The smallest absolute Gasteiger partial charge is 0.223 e. The molecule has 2 N–H and O–H groups in total. The predicted octanol–water partition coefficient (Wildman–Crippen LogP) is 3.97. The predicted molar refractivity (Wildman–Crippen MR) is 111 cm³/mol. The first-order valence-electron chi connectivity index (χ1n) is 10.4. The fourth-order valence-corrected chi connectivity index (χ4v) is 4.64. The Balaban J connectivity index is 1.22. The van der Waals surface area contributed by atoms with Crippen molar-refractivity contribution in [3.63, 3.8) is 0 Å². The summed E-state index contributed by atoms with van der Waals surface area (Å²) in [5.74, 6) is 1.22. The van der Waals surface area contributed by atoms with Gasteiger partial charge in [-0.05, 0) is 55.4 Å². The number of rotatable bonds is 3. The van der Waals surface area contributed by atoms with E-state index in [0.29, 0.717) is 0 Å². The zero-order valence-electron chi connectivity index (χ0n) is 16.0. The summed E-state index contributed by atoms with van der Waals surface area (Å²) in [6.07, 6.45) is 5.06. The molecule has 5 nitrogen and oxygen atoms in total. The number of aryl methyl sites for hydroxylation is 1. The molecule has 0 radical (unpaired) electrons. The van der Waals surface area contributed by atoms with Gasteiger partial charge in [-0.25, -0.2) is 4.98 Å². The molecular formula is C23H26N4O. The van der Waals surface area contributed by atoms with Gasteiger partial charge in [-0.3, -0.25) is 4.79 Å². The molecule has 1 atom stereocenters. The highest BCUT2D eigenvalue weighted by atomic mass is 16.1. The van der Waals surface area contributed by atoms with Crippen molar-refractivity contribution >= 4 is 22.9 Å². The van der Waals surface area contributed by atoms with Crippen LogP contribution in [0.1, 0.15) is 42.9 Å². The number of aromatic amines is 1. The summed E-state index contributed by atoms with van der Waals surface area (Å²) < 4.78 is 0. The zero-order valence-corrected chi connectivity index (χ0v) is 16.0. The van der Waals surface area contributed by atoms with Crippen LogP contribution in [0.25, 0.3) is 11.0 Å². The van der Waals surface area contributed by atoms with Gasteiger partial charge >= 0.3 is 0 Å². The minimum absolute atomic E-state index is 0.0923. The van der Waals surface area contributed by atoms with Gasteiger partial charge in [0.15, 0.2) is 0 Å². The molecule has 1 aliphatic carbocycles. The number of benzene rings is 2. The fourth-order valence-electron chi connectivity index (χ4n) is 4.64. The van der Waals surface area contributed by atoms with Gasteiger partial charge < -0.3 is 15.2 Å². The first kappa shape index (κ1) is 17.3. The lowest BCUT2D eigenvalue weighted by molar-refractivity contribution is -0.126. The third-order valence-electron chi connectivity index (χ3n) is 6.23. The average molecular weight is 374 g/mol. The lowest BCUT2D eigenvalue weighted by Gasteiger charge is -2.33. The highest BCUT2D eigenvalue weighted by Crippen LogP contribution is 2.30. The van der Waals surface area contributed by atoms with Gasteiger partial charge in [0.25, 0.3) is 0 Å². The number of fused-ring (bicyclic) bond motifs is 2. The van der Waals surface area contributed by atoms with Crippen LogP contribution in [0.15, 0.2) is 48.5 Å². The van der Waals surface area contributed by atoms with Crippen LogP contribution in [0.5, 0.6) is 0 Å². The van der Waals surface area contributed by atoms with Crippen LogP contribution in [0, 0.1) is 5.92 Å². The lowest BCUT2D eigenvalue weighted by Crippen LogP contribution is -2.42. The van der Waals surface area contributed by atoms with Crippen LogP contribution in [0.3, 0.4) is 0 Å². The van der Waals surface area contributed by atoms with Crippen molar-refractivity contribution in [2.45, 2.75) is 38.1 Å². The number of anilines is 1. The summed E-state index contributed by atoms with van der Waals surface area (Å²) in [7, 11) is 0. The normalized spacial score (nSPS) is 20.1. The van der Waals surface area contributed by atoms with E-state index in [1.54, 1.807) is 0 Å². The fraction of sp³-hybridized carbons (Fsp3) is 0.391. The van der Waals surface area contributed by atoms with Crippen molar-refractivity contribution in [1.29, 1.82) is 0 Å². The Bertz CT molecular complexity index is 954. The Morgan fingerprint density at radius 3 is 2.68 bits per heavy atom. The molecule has 1 saturated heterocycles. The van der Waals surface area contributed by atoms with E-state index < -0.39 is 0 Å². The maximum atomic E-state index is 12.9. The topological polar surface area (TPSA) is 61.0 Å². The van der Waals surface area contributed by atoms with E-state index in [2.05, 4.69) is 39.5 Å². The lowest BCUT2D eigenvalue weighted by atomic mass is 9.87. The Kier molecular flexibility index (Phi) is 4.51. The Labute approximate surface area is 165 Å². The SMILES string of the molecule is O=C(N[C@@H]1CCCc2ccccc21)C1CCN(c2nc3ccccc3[nH]2)CC1. The number of imidazole rings is 1. The monoisotopic (exact) mass is 374 g/mol. The number of nitrogens with one attached hydrogen (secondary N) is 2. The molecule has 3 aromatic rings. The Morgan fingerprint density at radius 2 is 1.82 bits per heavy atom. The van der Waals surface area contributed by atoms with Crippen molar-refractivity contribution < 1.29 is 4.79 Å². The summed E-state index contributed by atoms with van der Waals surface area (Å²) in [6.45, 7) is 1.72. The molecule has 2 heterocycles. The standard InChI is InChI=1S/C23H26N4O/c28-22(24-19-11-5-7-16-6-1-2-8-18(16)19)17-12-14-27(15-13-17)23-25-20-9-3-4-10-21(20)26-23/h1-4,6,8-10,17,19H,5,7,11-15H2,(H,24,28)(H,25,26)/t19-/m1/s1. The average Bonchev–Trinajstić information content (AvgIpc) is 3.18. The van der Waals surface area contributed by atoms with Crippen LogP contribution in [0.2, 0.25) is 0 Å². The number of carbonyl (C=O) groups is 1. The van der Waals surface area contributed by atoms with Crippen LogP contribution in [-0.2, 0) is 11.2 Å². The number of para-hydroxylation sites is 2. The number of hydrogen-bond acceptors (Lipinski definition) is 3. The second kappa shape index (κ2) is 7.30. The number of carbonyl (C=O) groups excluding carboxylic acids is 1. The third kappa shape index (κ3) is 3.26. The van der Waals surface area contributed by atoms with Gasteiger partial charge in [0.1, 0.15) is 0 Å². The molecule has 2 aromatic carbocycles. The molecule has 0 bridgehead atoms. The van der Waals surface area contributed by atoms with E-state index in [1.807, 2.05) is 24.3 Å². The highest BCUT2D eigenvalue weighted by molar-refractivity contribution is 5.80. The molecular weight excluding hydrogens is 348 g/mol. The molecule has 1 aromatic heterocycles. The van der Waals surface area contributed by atoms with Crippen LogP contribution in [-0.4, -0.2) is 29.0 Å². The van der Waals surface area contributed by atoms with Crippen molar-refractivity contribution in [3.8, 4) is 0 Å². The van der Waals surface area contributed by atoms with E-state index in [4.69, 9.17) is 4.98 Å². The molecule has 2 aliphatic rings. The van der Waals surface area contributed by atoms with Gasteiger partial charge in [-0.2, -0.15) is 0 Å². The van der Waals surface area contributed by atoms with E-state index in [-0.39, 0.29) is 17.9 Å². The Morgan fingerprint density at radius 1 is 1.04 bits per heavy atom. The van der Waals surface area contributed by atoms with Gasteiger partial charge in [-0.1, -0.05) is 36.4 Å². The van der Waals surface area contributed by atoms with Crippen LogP contribution in [0.4, 0.5) is 5.95 Å². The third-order valence-corrected chi connectivity index (χ3v) is 6.23. The molecule has 0 spiro atoms. The molecule has 0 unspecified atom stereocenters. The summed E-state index contributed by atoms with van der Waals surface area (Å²) in [4.78, 5) is 23.3. The maximum Gasteiger partial charge on any atom is 0.223 e. The van der Waals surface area contributed by atoms with Gasteiger partial charge in [0, 0.05) is 19.0 Å². The molecule has 5 rings (SSSR count). The minimum atomic E-state index is 0.0923. The maximum absolute atomic E-state index is 12.9. The van der Waals surface area contributed by atoms with E-state index in [0.717, 1.165) is 62.2 Å². The van der Waals surface area contributed by atoms with Crippen molar-refractivity contribution in [3.05, 3.63) is 59.7 Å². The zero-order chi connectivity index (χ0) is 18.9. The van der Waals surface area contributed by atoms with Crippen molar-refractivity contribution in [1.82, 2.24) is 15.3 Å². The number of amides is 1. The first-order chi connectivity index (χ1) is 13.8. The molecule has 28 heavy (non-hydrogen) atoms. The summed E-state index contributed by atoms with van der Waals surface area (Å²) in [5, 5.41) is 3.34. The van der Waals surface area contributed by atoms with E-state index in [9.17, 15) is 4.79 Å². The molecule has 5 heteroatoms. The quantitative estimate of drug-likeness (QED) is 0.729. The van der Waals surface area contributed by atoms with Crippen molar-refractivity contribution in [2.75, 3.05) is 18.0 Å². The van der Waals surface area contributed by atoms with Crippen LogP contribution < -0.4 is 10.2 Å². The van der Waals surface area contributed by atoms with Gasteiger partial charge in [0.05, 0.1) is 17.1 Å². The van der Waals surface area contributed by atoms with Crippen molar-refractivity contribution in [2.24, 2.45) is 5.92 Å². The Hall–Kier alpha value is -2.82. The minimum Gasteiger partial charge on any atom is -0.349 e. The number of H-pyrrole nitrogens is 1. The van der Waals surface area contributed by atoms with E-state index >= 15 is 0 Å².